The van der Waals surface area contributed by atoms with Gasteiger partial charge in [0.1, 0.15) is 11.8 Å². The second-order valence-electron chi connectivity index (χ2n) is 4.71. The van der Waals surface area contributed by atoms with Crippen LogP contribution in [0, 0.1) is 0 Å². The Morgan fingerprint density at radius 1 is 1.21 bits per heavy atom. The van der Waals surface area contributed by atoms with Gasteiger partial charge in [-0.15, -0.1) is 0 Å². The number of benzene rings is 1. The van der Waals surface area contributed by atoms with Gasteiger partial charge in [0, 0.05) is 6.42 Å². The van der Waals surface area contributed by atoms with Gasteiger partial charge in [-0.1, -0.05) is 6.07 Å². The lowest BCUT2D eigenvalue weighted by Crippen LogP contribution is -2.43. The highest BCUT2D eigenvalue weighted by atomic mass is 19.4. The number of hydrogen-bond acceptors (Lipinski definition) is 4. The fourth-order valence-corrected chi connectivity index (χ4v) is 1.67. The van der Waals surface area contributed by atoms with Crippen LogP contribution in [-0.2, 0) is 20.6 Å². The topological polar surface area (TPSA) is 113 Å². The molecule has 132 valence electrons. The maximum Gasteiger partial charge on any atom is 0.416 e. The third kappa shape index (κ3) is 6.55. The summed E-state index contributed by atoms with van der Waals surface area (Å²) >= 11 is 0. The summed E-state index contributed by atoms with van der Waals surface area (Å²) in [6.07, 6.45) is -5.36. The molecule has 0 aliphatic heterocycles. The molecule has 0 radical (unpaired) electrons. The molecule has 3 N–H and O–H groups in total. The van der Waals surface area contributed by atoms with Gasteiger partial charge in [-0.05, 0) is 24.6 Å². The van der Waals surface area contributed by atoms with Gasteiger partial charge in [-0.25, -0.2) is 4.79 Å². The number of aliphatic carboxylic acids is 2. The van der Waals surface area contributed by atoms with Gasteiger partial charge in [0.25, 0.3) is 5.91 Å². The first kappa shape index (κ1) is 19.3. The highest BCUT2D eigenvalue weighted by molar-refractivity contribution is 5.84. The van der Waals surface area contributed by atoms with Gasteiger partial charge in [0.15, 0.2) is 6.61 Å². The molecule has 0 unspecified atom stereocenters. The molecule has 24 heavy (non-hydrogen) atoms. The van der Waals surface area contributed by atoms with Crippen molar-refractivity contribution >= 4 is 17.8 Å². The van der Waals surface area contributed by atoms with E-state index in [2.05, 4.69) is 0 Å². The summed E-state index contributed by atoms with van der Waals surface area (Å²) in [5, 5.41) is 19.4. The third-order valence-corrected chi connectivity index (χ3v) is 2.81. The van der Waals surface area contributed by atoms with Crippen molar-refractivity contribution in [1.29, 1.82) is 0 Å². The molecule has 0 aliphatic rings. The van der Waals surface area contributed by atoms with E-state index in [1.807, 2.05) is 5.32 Å². The number of carboxylic acid groups (broad SMARTS) is 2. The minimum atomic E-state index is -4.56. The van der Waals surface area contributed by atoms with E-state index in [0.717, 1.165) is 12.1 Å². The molecule has 1 rings (SSSR count). The quantitative estimate of drug-likeness (QED) is 0.656. The van der Waals surface area contributed by atoms with Crippen molar-refractivity contribution < 1.29 is 42.5 Å². The van der Waals surface area contributed by atoms with E-state index < -0.39 is 48.7 Å². The predicted octanol–water partition coefficient (Wildman–Crippen LogP) is 1.52. The molecule has 10 heteroatoms. The molecule has 0 bridgehead atoms. The van der Waals surface area contributed by atoms with Crippen molar-refractivity contribution in [3.63, 3.8) is 0 Å². The lowest BCUT2D eigenvalue weighted by atomic mass is 10.1. The average Bonchev–Trinajstić information content (AvgIpc) is 2.48. The van der Waals surface area contributed by atoms with E-state index in [9.17, 15) is 27.6 Å². The summed E-state index contributed by atoms with van der Waals surface area (Å²) in [6, 6.07) is 2.41. The predicted molar refractivity (Wildman–Crippen MR) is 73.4 cm³/mol. The fraction of sp³-hybridized carbons (Fsp3) is 0.357. The zero-order valence-electron chi connectivity index (χ0n) is 12.2. The number of nitrogens with one attached hydrogen (secondary N) is 1. The summed E-state index contributed by atoms with van der Waals surface area (Å²) in [4.78, 5) is 32.9. The molecule has 0 fully saturated rings. The van der Waals surface area contributed by atoms with Crippen LogP contribution in [0.3, 0.4) is 0 Å². The average molecular weight is 349 g/mol. The summed E-state index contributed by atoms with van der Waals surface area (Å²) in [7, 11) is 0. The number of carboxylic acids is 2. The van der Waals surface area contributed by atoms with Gasteiger partial charge < -0.3 is 20.3 Å². The van der Waals surface area contributed by atoms with Crippen LogP contribution < -0.4 is 10.1 Å². The molecule has 0 saturated heterocycles. The summed E-state index contributed by atoms with van der Waals surface area (Å²) in [5.74, 6) is -3.76. The van der Waals surface area contributed by atoms with Crippen LogP contribution in [0.25, 0.3) is 0 Å². The van der Waals surface area contributed by atoms with Crippen molar-refractivity contribution in [1.82, 2.24) is 5.32 Å². The van der Waals surface area contributed by atoms with Crippen molar-refractivity contribution in [3.8, 4) is 5.75 Å². The first-order valence-electron chi connectivity index (χ1n) is 6.63. The van der Waals surface area contributed by atoms with E-state index in [1.54, 1.807) is 0 Å². The minimum absolute atomic E-state index is 0.211. The molecular formula is C14H14F3NO6. The Hall–Kier alpha value is -2.78. The molecule has 0 aromatic heterocycles. The third-order valence-electron chi connectivity index (χ3n) is 2.81. The first-order valence-corrected chi connectivity index (χ1v) is 6.63. The van der Waals surface area contributed by atoms with Crippen molar-refractivity contribution in [2.45, 2.75) is 25.1 Å². The van der Waals surface area contributed by atoms with E-state index in [-0.39, 0.29) is 12.2 Å². The smallest absolute Gasteiger partial charge is 0.416 e. The van der Waals surface area contributed by atoms with Crippen LogP contribution in [0.15, 0.2) is 24.3 Å². The summed E-state index contributed by atoms with van der Waals surface area (Å²) in [6.45, 7) is -0.710. The van der Waals surface area contributed by atoms with Crippen LogP contribution in [0.1, 0.15) is 18.4 Å². The maximum absolute atomic E-state index is 12.5. The second kappa shape index (κ2) is 8.18. The number of hydrogen-bond donors (Lipinski definition) is 3. The highest BCUT2D eigenvalue weighted by Gasteiger charge is 2.30. The zero-order valence-corrected chi connectivity index (χ0v) is 12.2. The van der Waals surface area contributed by atoms with Crippen molar-refractivity contribution in [3.05, 3.63) is 29.8 Å². The Kier molecular flexibility index (Phi) is 6.57. The number of ether oxygens (including phenoxy) is 1. The molecule has 0 heterocycles. The molecule has 1 atom stereocenters. The number of carbonyl (C=O) groups excluding carboxylic acids is 1. The van der Waals surface area contributed by atoms with Gasteiger partial charge >= 0.3 is 18.1 Å². The molecule has 1 aromatic rings. The molecule has 1 aromatic carbocycles. The highest BCUT2D eigenvalue weighted by Crippen LogP contribution is 2.31. The van der Waals surface area contributed by atoms with Crippen LogP contribution in [0.2, 0.25) is 0 Å². The number of alkyl halides is 3. The molecule has 0 aliphatic carbocycles. The number of halogens is 3. The Morgan fingerprint density at radius 3 is 2.42 bits per heavy atom. The van der Waals surface area contributed by atoms with Crippen LogP contribution in [0.4, 0.5) is 13.2 Å². The van der Waals surface area contributed by atoms with Crippen molar-refractivity contribution in [2.24, 2.45) is 0 Å². The lowest BCUT2D eigenvalue weighted by molar-refractivity contribution is -0.143. The normalized spacial score (nSPS) is 12.3. The first-order chi connectivity index (χ1) is 11.1. The number of rotatable bonds is 8. The second-order valence-corrected chi connectivity index (χ2v) is 4.71. The summed E-state index contributed by atoms with van der Waals surface area (Å²) < 4.78 is 42.5. The van der Waals surface area contributed by atoms with Gasteiger partial charge in [0.05, 0.1) is 5.56 Å². The largest absolute Gasteiger partial charge is 0.484 e. The van der Waals surface area contributed by atoms with Gasteiger partial charge in [-0.2, -0.15) is 13.2 Å². The standard InChI is InChI=1S/C14H14F3NO6/c15-14(16,17)8-2-1-3-9(6-8)24-7-11(19)18-10(13(22)23)4-5-12(20)21/h1-3,6,10H,4-5,7H2,(H,18,19)(H,20,21)(H,22,23)/t10-/m0/s1. The Balaban J connectivity index is 2.59. The van der Waals surface area contributed by atoms with Gasteiger partial charge in [0.2, 0.25) is 0 Å². The van der Waals surface area contributed by atoms with Crippen LogP contribution >= 0.6 is 0 Å². The molecule has 0 spiro atoms. The van der Waals surface area contributed by atoms with E-state index in [4.69, 9.17) is 14.9 Å². The molecule has 1 amide bonds. The minimum Gasteiger partial charge on any atom is -0.484 e. The van der Waals surface area contributed by atoms with Crippen LogP contribution in [-0.4, -0.2) is 40.7 Å². The fourth-order valence-electron chi connectivity index (χ4n) is 1.67. The molecule has 7 nitrogen and oxygen atoms in total. The zero-order chi connectivity index (χ0) is 18.3. The van der Waals surface area contributed by atoms with Crippen molar-refractivity contribution in [2.75, 3.05) is 6.61 Å². The monoisotopic (exact) mass is 349 g/mol. The SMILES string of the molecule is O=C(O)CC[C@H](NC(=O)COc1cccc(C(F)(F)F)c1)C(=O)O. The Labute approximate surface area is 134 Å². The van der Waals surface area contributed by atoms with E-state index in [0.29, 0.717) is 6.07 Å². The lowest BCUT2D eigenvalue weighted by Gasteiger charge is -2.14. The van der Waals surface area contributed by atoms with Crippen LogP contribution in [0.5, 0.6) is 5.75 Å². The maximum atomic E-state index is 12.5. The van der Waals surface area contributed by atoms with Gasteiger partial charge in [-0.3, -0.25) is 9.59 Å². The molecular weight excluding hydrogens is 335 g/mol. The van der Waals surface area contributed by atoms with E-state index in [1.165, 1.54) is 6.07 Å². The Bertz CT molecular complexity index is 617. The molecule has 0 saturated carbocycles. The summed E-state index contributed by atoms with van der Waals surface area (Å²) in [5.41, 5.74) is -0.953. The number of carbonyl (C=O) groups is 3. The Morgan fingerprint density at radius 2 is 1.88 bits per heavy atom. The number of amides is 1. The van der Waals surface area contributed by atoms with E-state index >= 15 is 0 Å².